The lowest BCUT2D eigenvalue weighted by atomic mass is 9.96. The first-order valence-corrected chi connectivity index (χ1v) is 12.2. The van der Waals surface area contributed by atoms with Gasteiger partial charge in [0.15, 0.2) is 5.82 Å². The molecule has 2 aliphatic heterocycles. The molecule has 0 unspecified atom stereocenters. The van der Waals surface area contributed by atoms with Gasteiger partial charge in [-0.3, -0.25) is 14.6 Å². The van der Waals surface area contributed by atoms with Crippen LogP contribution in [0, 0.1) is 0 Å². The van der Waals surface area contributed by atoms with E-state index in [2.05, 4.69) is 30.0 Å². The zero-order valence-electron chi connectivity index (χ0n) is 20.3. The van der Waals surface area contributed by atoms with Gasteiger partial charge in [-0.1, -0.05) is 12.1 Å². The Morgan fingerprint density at radius 2 is 1.92 bits per heavy atom. The van der Waals surface area contributed by atoms with E-state index in [-0.39, 0.29) is 11.8 Å². The van der Waals surface area contributed by atoms with Gasteiger partial charge >= 0.3 is 0 Å². The van der Waals surface area contributed by atoms with Crippen molar-refractivity contribution in [1.29, 1.82) is 0 Å². The summed E-state index contributed by atoms with van der Waals surface area (Å²) in [6.07, 6.45) is 4.22. The summed E-state index contributed by atoms with van der Waals surface area (Å²) in [6, 6.07) is 14.4. The van der Waals surface area contributed by atoms with Crippen LogP contribution in [0.3, 0.4) is 0 Å². The van der Waals surface area contributed by atoms with Crippen molar-refractivity contribution < 1.29 is 14.3 Å². The molecule has 1 N–H and O–H groups in total. The number of aromatic nitrogens is 5. The zero-order valence-corrected chi connectivity index (χ0v) is 20.3. The fourth-order valence-corrected chi connectivity index (χ4v) is 4.91. The van der Waals surface area contributed by atoms with Crippen molar-refractivity contribution in [1.82, 2.24) is 29.6 Å². The second-order valence-corrected chi connectivity index (χ2v) is 9.07. The minimum Gasteiger partial charge on any atom is -0.496 e. The first-order valence-electron chi connectivity index (χ1n) is 12.2. The predicted octanol–water partition coefficient (Wildman–Crippen LogP) is 3.14. The number of anilines is 1. The Hall–Kier alpha value is -4.60. The van der Waals surface area contributed by atoms with Crippen LogP contribution in [0.5, 0.6) is 5.75 Å². The summed E-state index contributed by atoms with van der Waals surface area (Å²) in [5.41, 5.74) is 3.40. The maximum atomic E-state index is 13.3. The highest BCUT2D eigenvalue weighted by molar-refractivity contribution is 6.06. The summed E-state index contributed by atoms with van der Waals surface area (Å²) in [5.74, 6) is 2.07. The van der Waals surface area contributed by atoms with Crippen molar-refractivity contribution in [3.63, 3.8) is 0 Å². The van der Waals surface area contributed by atoms with E-state index in [1.165, 1.54) is 0 Å². The van der Waals surface area contributed by atoms with E-state index >= 15 is 0 Å². The second-order valence-electron chi connectivity index (χ2n) is 9.07. The number of carbonyl (C=O) groups excluding carboxylic acids is 2. The molecule has 186 valence electrons. The molecule has 0 fully saturated rings. The van der Waals surface area contributed by atoms with Gasteiger partial charge in [-0.05, 0) is 60.4 Å². The maximum absolute atomic E-state index is 13.3. The molecular formula is C27H25N7O3. The molecule has 0 bridgehead atoms. The number of benzene rings is 1. The summed E-state index contributed by atoms with van der Waals surface area (Å²) in [6.45, 7) is 1.82. The van der Waals surface area contributed by atoms with Crippen molar-refractivity contribution in [3.05, 3.63) is 82.9 Å². The van der Waals surface area contributed by atoms with Gasteiger partial charge in [0, 0.05) is 32.3 Å². The molecular weight excluding hydrogens is 470 g/mol. The molecule has 2 aliphatic rings. The fourth-order valence-electron chi connectivity index (χ4n) is 4.91. The number of nitrogens with zero attached hydrogens (tertiary/aromatic N) is 6. The van der Waals surface area contributed by atoms with Crippen LogP contribution in [-0.4, -0.2) is 55.1 Å². The number of methoxy groups -OCH3 is 1. The van der Waals surface area contributed by atoms with Crippen LogP contribution in [-0.2, 0) is 25.9 Å². The van der Waals surface area contributed by atoms with E-state index in [1.54, 1.807) is 48.5 Å². The first-order chi connectivity index (χ1) is 18.1. The Kier molecular flexibility index (Phi) is 5.84. The number of carbonyl (C=O) groups is 2. The lowest BCUT2D eigenvalue weighted by molar-refractivity contribution is 0.0728. The van der Waals surface area contributed by atoms with Gasteiger partial charge in [-0.15, -0.1) is 10.2 Å². The lowest BCUT2D eigenvalue weighted by Crippen LogP contribution is -2.36. The van der Waals surface area contributed by atoms with E-state index in [9.17, 15) is 9.59 Å². The minimum atomic E-state index is -0.344. The maximum Gasteiger partial charge on any atom is 0.272 e. The topological polar surface area (TPSA) is 115 Å². The molecule has 0 radical (unpaired) electrons. The van der Waals surface area contributed by atoms with E-state index < -0.39 is 0 Å². The molecule has 10 heteroatoms. The summed E-state index contributed by atoms with van der Waals surface area (Å²) >= 11 is 0. The van der Waals surface area contributed by atoms with Crippen LogP contribution in [0.15, 0.2) is 54.7 Å². The van der Waals surface area contributed by atoms with Crippen molar-refractivity contribution in [2.75, 3.05) is 19.0 Å². The average molecular weight is 496 g/mol. The molecule has 10 nitrogen and oxygen atoms in total. The third-order valence-electron chi connectivity index (χ3n) is 6.78. The van der Waals surface area contributed by atoms with Gasteiger partial charge in [0.05, 0.1) is 12.7 Å². The van der Waals surface area contributed by atoms with Gasteiger partial charge < -0.3 is 19.5 Å². The number of hydrogen-bond acceptors (Lipinski definition) is 7. The standard InChI is InChI=1S/C27H25N7O3/c1-37-22-15-17-10-13-33(27(36)21-6-2-3-11-28-21)16-18(17)14-19(22)26(35)30-23-8-4-7-20(29-23)25-32-31-24-9-5-12-34(24)25/h2-4,6-8,11,14-15H,5,9-10,12-13,16H2,1H3,(H,29,30,35). The average Bonchev–Trinajstić information content (AvgIpc) is 3.56. The molecule has 6 rings (SSSR count). The molecule has 3 aromatic heterocycles. The SMILES string of the molecule is COc1cc2c(cc1C(=O)Nc1cccc(-c3nnc4n3CCC4)n1)CN(C(=O)c1ccccn1)CC2. The third kappa shape index (κ3) is 4.31. The number of ether oxygens (including phenoxy) is 1. The van der Waals surface area contributed by atoms with Gasteiger partial charge in [0.2, 0.25) is 0 Å². The van der Waals surface area contributed by atoms with Gasteiger partial charge in [-0.2, -0.15) is 0 Å². The predicted molar refractivity (Wildman–Crippen MR) is 135 cm³/mol. The van der Waals surface area contributed by atoms with Crippen LogP contribution in [0.4, 0.5) is 5.82 Å². The van der Waals surface area contributed by atoms with E-state index in [1.807, 2.05) is 18.2 Å². The Bertz CT molecular complexity index is 1500. The monoisotopic (exact) mass is 495 g/mol. The number of hydrogen-bond donors (Lipinski definition) is 1. The smallest absolute Gasteiger partial charge is 0.272 e. The number of fused-ring (bicyclic) bond motifs is 2. The highest BCUT2D eigenvalue weighted by atomic mass is 16.5. The van der Waals surface area contributed by atoms with E-state index in [0.29, 0.717) is 53.9 Å². The fraction of sp³-hybridized carbons (Fsp3) is 0.259. The minimum absolute atomic E-state index is 0.131. The first kappa shape index (κ1) is 22.8. The summed E-state index contributed by atoms with van der Waals surface area (Å²) in [4.78, 5) is 36.8. The van der Waals surface area contributed by atoms with Gasteiger partial charge in [0.25, 0.3) is 11.8 Å². The normalized spacial score (nSPS) is 14.1. The highest BCUT2D eigenvalue weighted by Crippen LogP contribution is 2.29. The van der Waals surface area contributed by atoms with Crippen molar-refractivity contribution in [2.24, 2.45) is 0 Å². The molecule has 37 heavy (non-hydrogen) atoms. The van der Waals surface area contributed by atoms with Crippen LogP contribution in [0.1, 0.15) is 44.2 Å². The number of aryl methyl sites for hydroxylation is 1. The van der Waals surface area contributed by atoms with Crippen LogP contribution >= 0.6 is 0 Å². The van der Waals surface area contributed by atoms with Crippen molar-refractivity contribution in [3.8, 4) is 17.3 Å². The molecule has 2 amide bonds. The Morgan fingerprint density at radius 1 is 1.00 bits per heavy atom. The van der Waals surface area contributed by atoms with Gasteiger partial charge in [-0.25, -0.2) is 4.98 Å². The molecule has 4 aromatic rings. The van der Waals surface area contributed by atoms with Crippen LogP contribution < -0.4 is 10.1 Å². The number of amides is 2. The molecule has 0 saturated heterocycles. The molecule has 0 aliphatic carbocycles. The van der Waals surface area contributed by atoms with Crippen LogP contribution in [0.25, 0.3) is 11.5 Å². The Balaban J connectivity index is 1.24. The molecule has 1 aromatic carbocycles. The summed E-state index contributed by atoms with van der Waals surface area (Å²) in [5, 5.41) is 11.4. The number of pyridine rings is 2. The second kappa shape index (κ2) is 9.45. The molecule has 0 saturated carbocycles. The number of nitrogens with one attached hydrogen (secondary N) is 1. The zero-order chi connectivity index (χ0) is 25.4. The van der Waals surface area contributed by atoms with E-state index in [0.717, 1.165) is 36.3 Å². The highest BCUT2D eigenvalue weighted by Gasteiger charge is 2.26. The lowest BCUT2D eigenvalue weighted by Gasteiger charge is -2.29. The van der Waals surface area contributed by atoms with Crippen LogP contribution in [0.2, 0.25) is 0 Å². The summed E-state index contributed by atoms with van der Waals surface area (Å²) < 4.78 is 7.62. The van der Waals surface area contributed by atoms with E-state index in [4.69, 9.17) is 4.74 Å². The molecule has 0 spiro atoms. The third-order valence-corrected chi connectivity index (χ3v) is 6.78. The van der Waals surface area contributed by atoms with Crippen molar-refractivity contribution >= 4 is 17.6 Å². The summed E-state index contributed by atoms with van der Waals surface area (Å²) in [7, 11) is 1.54. The Morgan fingerprint density at radius 3 is 2.76 bits per heavy atom. The quantitative estimate of drug-likeness (QED) is 0.452. The number of rotatable bonds is 5. The Labute approximate surface area is 213 Å². The molecule has 0 atom stereocenters. The van der Waals surface area contributed by atoms with Gasteiger partial charge in [0.1, 0.15) is 28.8 Å². The largest absolute Gasteiger partial charge is 0.496 e. The molecule has 5 heterocycles. The van der Waals surface area contributed by atoms with Crippen molar-refractivity contribution in [2.45, 2.75) is 32.4 Å².